The monoisotopic (exact) mass is 545 g/mol. The van der Waals surface area contributed by atoms with Gasteiger partial charge in [-0.25, -0.2) is 4.98 Å². The van der Waals surface area contributed by atoms with Gasteiger partial charge < -0.3 is 20.2 Å². The van der Waals surface area contributed by atoms with Crippen LogP contribution in [-0.4, -0.2) is 58.2 Å². The Hall–Kier alpha value is -2.09. The van der Waals surface area contributed by atoms with Crippen LogP contribution in [-0.2, 0) is 4.79 Å². The van der Waals surface area contributed by atoms with Gasteiger partial charge in [-0.1, -0.05) is 29.3 Å². The van der Waals surface area contributed by atoms with Crippen molar-refractivity contribution >= 4 is 40.9 Å². The lowest BCUT2D eigenvalue weighted by atomic mass is 9.65. The molecule has 1 saturated carbocycles. The molecule has 2 aliphatic heterocycles. The highest BCUT2D eigenvalue weighted by Crippen LogP contribution is 2.45. The lowest BCUT2D eigenvalue weighted by Crippen LogP contribution is -2.58. The van der Waals surface area contributed by atoms with Crippen molar-refractivity contribution in [1.29, 1.82) is 0 Å². The third kappa shape index (κ3) is 5.27. The number of nitrogens with zero attached hydrogens (tertiary/aromatic N) is 4. The van der Waals surface area contributed by atoms with E-state index < -0.39 is 11.4 Å². The average Bonchev–Trinajstić information content (AvgIpc) is 2.79. The molecule has 2 saturated heterocycles. The lowest BCUT2D eigenvalue weighted by molar-refractivity contribution is -0.158. The average molecular weight is 547 g/mol. The zero-order chi connectivity index (χ0) is 26.5. The summed E-state index contributed by atoms with van der Waals surface area (Å²) in [6.45, 7) is 12.1. The van der Waals surface area contributed by atoms with Crippen LogP contribution in [0.5, 0.6) is 0 Å². The number of aromatic nitrogens is 2. The number of carbonyl (C=O) groups is 1. The Balaban J connectivity index is 1.20. The molecular formula is C28H37Cl2N5O2. The van der Waals surface area contributed by atoms with Crippen molar-refractivity contribution in [2.24, 2.45) is 17.3 Å². The highest BCUT2D eigenvalue weighted by Gasteiger charge is 2.49. The summed E-state index contributed by atoms with van der Waals surface area (Å²) in [5.41, 5.74) is 2.45. The molecule has 2 aromatic rings. The summed E-state index contributed by atoms with van der Waals surface area (Å²) in [5.74, 6) is 2.24. The Bertz CT molecular complexity index is 1180. The highest BCUT2D eigenvalue weighted by atomic mass is 35.5. The number of aliphatic carboxylic acids is 1. The molecule has 3 aliphatic rings. The largest absolute Gasteiger partial charge is 0.481 e. The molecule has 0 radical (unpaired) electrons. The van der Waals surface area contributed by atoms with E-state index in [1.54, 1.807) is 6.07 Å². The van der Waals surface area contributed by atoms with Gasteiger partial charge in [0.2, 0.25) is 5.95 Å². The minimum Gasteiger partial charge on any atom is -0.481 e. The van der Waals surface area contributed by atoms with Gasteiger partial charge in [-0.15, -0.1) is 0 Å². The van der Waals surface area contributed by atoms with E-state index in [1.807, 2.05) is 32.9 Å². The molecule has 0 bridgehead atoms. The molecule has 1 aliphatic carbocycles. The van der Waals surface area contributed by atoms with Gasteiger partial charge in [-0.3, -0.25) is 4.79 Å². The number of rotatable bonds is 7. The molecule has 0 unspecified atom stereocenters. The predicted octanol–water partition coefficient (Wildman–Crippen LogP) is 5.97. The topological polar surface area (TPSA) is 81.6 Å². The standard InChI is InChI=1S/C28H37Cl2N5O2/c1-16-17(2)32-27(33-25(16)31-18(3)23-8-7-21(29)10-24(23)30)35-14-20(15-35)19-6-5-9-34(13-19)22-11-28(4,12-22)26(36)37/h7-8,10,18-20,22H,5-6,9,11-15H2,1-4H3,(H,36,37)(H,31,32,33)/t18-,19+,22-,28-/m1/s1. The zero-order valence-electron chi connectivity index (χ0n) is 22.1. The van der Waals surface area contributed by atoms with Crippen LogP contribution in [0.15, 0.2) is 18.2 Å². The van der Waals surface area contributed by atoms with E-state index in [2.05, 4.69) is 22.0 Å². The quantitative estimate of drug-likeness (QED) is 0.443. The number of anilines is 2. The second kappa shape index (κ2) is 10.2. The van der Waals surface area contributed by atoms with Crippen LogP contribution in [0.4, 0.5) is 11.8 Å². The van der Waals surface area contributed by atoms with Crippen molar-refractivity contribution in [3.05, 3.63) is 45.1 Å². The van der Waals surface area contributed by atoms with Crippen molar-refractivity contribution in [1.82, 2.24) is 14.9 Å². The maximum atomic E-state index is 11.5. The van der Waals surface area contributed by atoms with Gasteiger partial charge in [-0.2, -0.15) is 4.98 Å². The zero-order valence-corrected chi connectivity index (χ0v) is 23.6. The number of halogens is 2. The minimum absolute atomic E-state index is 0.0301. The van der Waals surface area contributed by atoms with E-state index in [1.165, 1.54) is 12.8 Å². The number of likely N-dealkylation sites (tertiary alicyclic amines) is 1. The van der Waals surface area contributed by atoms with Crippen LogP contribution in [0.2, 0.25) is 10.0 Å². The SMILES string of the molecule is Cc1nc(N2CC([C@H]3CCCN([C@H]4C[C@](C)(C(=O)O)C4)C3)C2)nc(N[C@H](C)c2ccc(Cl)cc2Cl)c1C. The molecule has 3 fully saturated rings. The molecule has 1 aromatic heterocycles. The summed E-state index contributed by atoms with van der Waals surface area (Å²) >= 11 is 12.5. The summed E-state index contributed by atoms with van der Waals surface area (Å²) in [4.78, 5) is 26.1. The fraction of sp³-hybridized carbons (Fsp3) is 0.607. The Morgan fingerprint density at radius 2 is 1.89 bits per heavy atom. The van der Waals surface area contributed by atoms with Crippen molar-refractivity contribution in [2.45, 2.75) is 65.5 Å². The summed E-state index contributed by atoms with van der Waals surface area (Å²) < 4.78 is 0. The van der Waals surface area contributed by atoms with Crippen LogP contribution in [0.1, 0.15) is 62.4 Å². The van der Waals surface area contributed by atoms with Crippen molar-refractivity contribution in [3.63, 3.8) is 0 Å². The number of hydrogen-bond donors (Lipinski definition) is 2. The number of carboxylic acid groups (broad SMARTS) is 1. The fourth-order valence-electron chi connectivity index (χ4n) is 6.18. The second-order valence-corrected chi connectivity index (χ2v) is 12.4. The van der Waals surface area contributed by atoms with Gasteiger partial charge in [0.1, 0.15) is 5.82 Å². The van der Waals surface area contributed by atoms with Gasteiger partial charge in [0.25, 0.3) is 0 Å². The van der Waals surface area contributed by atoms with Crippen LogP contribution >= 0.6 is 23.2 Å². The number of benzene rings is 1. The Kier molecular flexibility index (Phi) is 7.33. The summed E-state index contributed by atoms with van der Waals surface area (Å²) in [6, 6.07) is 5.96. The van der Waals surface area contributed by atoms with E-state index in [0.29, 0.717) is 27.9 Å². The molecule has 3 heterocycles. The van der Waals surface area contributed by atoms with Crippen LogP contribution in [0, 0.1) is 31.1 Å². The number of aryl methyl sites for hydroxylation is 1. The van der Waals surface area contributed by atoms with E-state index >= 15 is 0 Å². The molecule has 5 rings (SSSR count). The molecule has 1 aromatic carbocycles. The van der Waals surface area contributed by atoms with E-state index in [4.69, 9.17) is 33.2 Å². The van der Waals surface area contributed by atoms with Crippen LogP contribution < -0.4 is 10.2 Å². The van der Waals surface area contributed by atoms with Gasteiger partial charge in [0, 0.05) is 47.0 Å². The highest BCUT2D eigenvalue weighted by molar-refractivity contribution is 6.35. The number of piperidine rings is 1. The lowest BCUT2D eigenvalue weighted by Gasteiger charge is -2.52. The van der Waals surface area contributed by atoms with Gasteiger partial charge in [-0.05, 0) is 89.5 Å². The summed E-state index contributed by atoms with van der Waals surface area (Å²) in [6.07, 6.45) is 3.99. The van der Waals surface area contributed by atoms with Gasteiger partial charge >= 0.3 is 5.97 Å². The van der Waals surface area contributed by atoms with E-state index in [0.717, 1.165) is 67.6 Å². The smallest absolute Gasteiger partial charge is 0.309 e. The molecule has 0 amide bonds. The molecule has 7 nitrogen and oxygen atoms in total. The molecular weight excluding hydrogens is 509 g/mol. The first-order chi connectivity index (χ1) is 17.5. The summed E-state index contributed by atoms with van der Waals surface area (Å²) in [7, 11) is 0. The first kappa shape index (κ1) is 26.5. The van der Waals surface area contributed by atoms with E-state index in [9.17, 15) is 9.90 Å². The molecule has 200 valence electrons. The van der Waals surface area contributed by atoms with Crippen LogP contribution in [0.3, 0.4) is 0 Å². The number of hydrogen-bond acceptors (Lipinski definition) is 6. The maximum Gasteiger partial charge on any atom is 0.309 e. The first-order valence-electron chi connectivity index (χ1n) is 13.3. The number of carboxylic acids is 1. The van der Waals surface area contributed by atoms with Crippen molar-refractivity contribution in [3.8, 4) is 0 Å². The van der Waals surface area contributed by atoms with E-state index in [-0.39, 0.29) is 6.04 Å². The summed E-state index contributed by atoms with van der Waals surface area (Å²) in [5, 5.41) is 14.3. The number of nitrogens with one attached hydrogen (secondary N) is 1. The molecule has 2 N–H and O–H groups in total. The van der Waals surface area contributed by atoms with Gasteiger partial charge in [0.05, 0.1) is 11.5 Å². The van der Waals surface area contributed by atoms with Gasteiger partial charge in [0.15, 0.2) is 0 Å². The predicted molar refractivity (Wildman–Crippen MR) is 149 cm³/mol. The Morgan fingerprint density at radius 1 is 1.16 bits per heavy atom. The van der Waals surface area contributed by atoms with Crippen molar-refractivity contribution < 1.29 is 9.90 Å². The third-order valence-corrected chi connectivity index (χ3v) is 9.48. The minimum atomic E-state index is -0.653. The third-order valence-electron chi connectivity index (χ3n) is 8.91. The second-order valence-electron chi connectivity index (χ2n) is 11.6. The van der Waals surface area contributed by atoms with Crippen molar-refractivity contribution in [2.75, 3.05) is 36.4 Å². The first-order valence-corrected chi connectivity index (χ1v) is 14.1. The maximum absolute atomic E-state index is 11.5. The Labute approximate surface area is 229 Å². The molecule has 9 heteroatoms. The normalized spacial score (nSPS) is 27.4. The molecule has 2 atom stereocenters. The Morgan fingerprint density at radius 3 is 2.57 bits per heavy atom. The fourth-order valence-corrected chi connectivity index (χ4v) is 6.75. The molecule has 37 heavy (non-hydrogen) atoms. The molecule has 0 spiro atoms. The van der Waals surface area contributed by atoms with Crippen LogP contribution in [0.25, 0.3) is 0 Å².